The van der Waals surface area contributed by atoms with Gasteiger partial charge in [0, 0.05) is 18.3 Å². The Balaban J connectivity index is 1.55. The molecule has 1 aliphatic heterocycles. The molecule has 0 saturated heterocycles. The van der Waals surface area contributed by atoms with Crippen LogP contribution >= 0.6 is 0 Å². The Morgan fingerprint density at radius 3 is 2.58 bits per heavy atom. The predicted molar refractivity (Wildman–Crippen MR) is 88.8 cm³/mol. The SMILES string of the molecule is CC(Nc1ccc2c(c1)OCCO2)C(=O)NCc1ccc(F)cc1. The maximum atomic E-state index is 12.9. The van der Waals surface area contributed by atoms with Crippen molar-refractivity contribution in [2.24, 2.45) is 0 Å². The van der Waals surface area contributed by atoms with Gasteiger partial charge in [-0.2, -0.15) is 0 Å². The van der Waals surface area contributed by atoms with E-state index in [2.05, 4.69) is 10.6 Å². The molecular weight excluding hydrogens is 311 g/mol. The van der Waals surface area contributed by atoms with E-state index in [1.54, 1.807) is 19.1 Å². The number of rotatable bonds is 5. The molecule has 0 saturated carbocycles. The molecule has 6 heteroatoms. The van der Waals surface area contributed by atoms with Gasteiger partial charge in [0.15, 0.2) is 11.5 Å². The number of carbonyl (C=O) groups excluding carboxylic acids is 1. The van der Waals surface area contributed by atoms with Crippen molar-refractivity contribution in [2.75, 3.05) is 18.5 Å². The summed E-state index contributed by atoms with van der Waals surface area (Å²) in [6, 6.07) is 11.1. The van der Waals surface area contributed by atoms with Gasteiger partial charge in [0.05, 0.1) is 0 Å². The van der Waals surface area contributed by atoms with Crippen LogP contribution in [0.1, 0.15) is 12.5 Å². The first-order valence-corrected chi connectivity index (χ1v) is 7.80. The summed E-state index contributed by atoms with van der Waals surface area (Å²) in [5.41, 5.74) is 1.62. The Morgan fingerprint density at radius 2 is 1.83 bits per heavy atom. The van der Waals surface area contributed by atoms with Crippen molar-refractivity contribution >= 4 is 11.6 Å². The monoisotopic (exact) mass is 330 g/mol. The molecule has 0 fully saturated rings. The molecule has 0 bridgehead atoms. The van der Waals surface area contributed by atoms with E-state index in [1.165, 1.54) is 12.1 Å². The maximum Gasteiger partial charge on any atom is 0.242 e. The molecule has 1 aliphatic rings. The normalized spacial score (nSPS) is 13.9. The Morgan fingerprint density at radius 1 is 1.12 bits per heavy atom. The van der Waals surface area contributed by atoms with Crippen LogP contribution in [0.4, 0.5) is 10.1 Å². The molecule has 5 nitrogen and oxygen atoms in total. The molecule has 2 aromatic carbocycles. The Bertz CT molecular complexity index is 719. The highest BCUT2D eigenvalue weighted by molar-refractivity contribution is 5.84. The van der Waals surface area contributed by atoms with Crippen LogP contribution in [0.15, 0.2) is 42.5 Å². The quantitative estimate of drug-likeness (QED) is 0.885. The van der Waals surface area contributed by atoms with Crippen LogP contribution in [0.3, 0.4) is 0 Å². The largest absolute Gasteiger partial charge is 0.486 e. The molecule has 1 heterocycles. The Labute approximate surface area is 139 Å². The molecular formula is C18H19FN2O3. The number of ether oxygens (including phenoxy) is 2. The van der Waals surface area contributed by atoms with E-state index in [0.29, 0.717) is 31.3 Å². The minimum atomic E-state index is -0.423. The molecule has 0 spiro atoms. The van der Waals surface area contributed by atoms with Crippen molar-refractivity contribution in [3.63, 3.8) is 0 Å². The topological polar surface area (TPSA) is 59.6 Å². The van der Waals surface area contributed by atoms with Gasteiger partial charge in [0.25, 0.3) is 0 Å². The van der Waals surface area contributed by atoms with E-state index in [-0.39, 0.29) is 11.7 Å². The maximum absolute atomic E-state index is 12.9. The summed E-state index contributed by atoms with van der Waals surface area (Å²) in [5.74, 6) is 0.943. The molecule has 3 rings (SSSR count). The van der Waals surface area contributed by atoms with Crippen LogP contribution in [0, 0.1) is 5.82 Å². The minimum absolute atomic E-state index is 0.144. The third-order valence-corrected chi connectivity index (χ3v) is 3.70. The second-order valence-corrected chi connectivity index (χ2v) is 5.57. The van der Waals surface area contributed by atoms with Gasteiger partial charge in [-0.05, 0) is 36.8 Å². The van der Waals surface area contributed by atoms with Crippen LogP contribution in [0.25, 0.3) is 0 Å². The van der Waals surface area contributed by atoms with Crippen molar-refractivity contribution in [1.82, 2.24) is 5.32 Å². The minimum Gasteiger partial charge on any atom is -0.486 e. The van der Waals surface area contributed by atoms with E-state index in [4.69, 9.17) is 9.47 Å². The molecule has 1 unspecified atom stereocenters. The van der Waals surface area contributed by atoms with Gasteiger partial charge in [-0.25, -0.2) is 4.39 Å². The number of carbonyl (C=O) groups is 1. The molecule has 24 heavy (non-hydrogen) atoms. The fourth-order valence-corrected chi connectivity index (χ4v) is 2.39. The van der Waals surface area contributed by atoms with Crippen LogP contribution in [-0.2, 0) is 11.3 Å². The van der Waals surface area contributed by atoms with Gasteiger partial charge in [-0.15, -0.1) is 0 Å². The fourth-order valence-electron chi connectivity index (χ4n) is 2.39. The van der Waals surface area contributed by atoms with E-state index < -0.39 is 6.04 Å². The highest BCUT2D eigenvalue weighted by atomic mass is 19.1. The Kier molecular flexibility index (Phi) is 4.84. The zero-order valence-corrected chi connectivity index (χ0v) is 13.3. The predicted octanol–water partition coefficient (Wildman–Crippen LogP) is 2.71. The molecule has 0 radical (unpaired) electrons. The first kappa shape index (κ1) is 16.1. The van der Waals surface area contributed by atoms with E-state index in [1.807, 2.05) is 18.2 Å². The summed E-state index contributed by atoms with van der Waals surface area (Å²) in [6.45, 7) is 3.19. The number of halogens is 1. The lowest BCUT2D eigenvalue weighted by Gasteiger charge is -2.20. The molecule has 1 atom stereocenters. The molecule has 0 aromatic heterocycles. The molecule has 0 aliphatic carbocycles. The van der Waals surface area contributed by atoms with Crippen molar-refractivity contribution in [3.05, 3.63) is 53.8 Å². The first-order valence-electron chi connectivity index (χ1n) is 7.80. The number of hydrogen-bond donors (Lipinski definition) is 2. The number of benzene rings is 2. The molecule has 2 aromatic rings. The summed E-state index contributed by atoms with van der Waals surface area (Å²) >= 11 is 0. The zero-order valence-electron chi connectivity index (χ0n) is 13.3. The van der Waals surface area contributed by atoms with Gasteiger partial charge in [-0.3, -0.25) is 4.79 Å². The summed E-state index contributed by atoms with van der Waals surface area (Å²) in [7, 11) is 0. The van der Waals surface area contributed by atoms with E-state index >= 15 is 0 Å². The standard InChI is InChI=1S/C18H19FN2O3/c1-12(18(22)20-11-13-2-4-14(19)5-3-13)21-15-6-7-16-17(10-15)24-9-8-23-16/h2-7,10,12,21H,8-9,11H2,1H3,(H,20,22). The first-order chi connectivity index (χ1) is 11.6. The summed E-state index contributed by atoms with van der Waals surface area (Å²) in [4.78, 5) is 12.2. The number of anilines is 1. The third kappa shape index (κ3) is 3.95. The fraction of sp³-hybridized carbons (Fsp3) is 0.278. The van der Waals surface area contributed by atoms with Gasteiger partial charge in [0.2, 0.25) is 5.91 Å². The summed E-state index contributed by atoms with van der Waals surface area (Å²) in [5, 5.41) is 5.95. The van der Waals surface area contributed by atoms with Crippen LogP contribution < -0.4 is 20.1 Å². The van der Waals surface area contributed by atoms with Crippen LogP contribution in [-0.4, -0.2) is 25.2 Å². The lowest BCUT2D eigenvalue weighted by atomic mass is 10.2. The smallest absolute Gasteiger partial charge is 0.242 e. The molecule has 126 valence electrons. The van der Waals surface area contributed by atoms with Crippen molar-refractivity contribution in [2.45, 2.75) is 19.5 Å². The zero-order chi connectivity index (χ0) is 16.9. The summed E-state index contributed by atoms with van der Waals surface area (Å²) < 4.78 is 23.9. The van der Waals surface area contributed by atoms with Gasteiger partial charge in [-0.1, -0.05) is 12.1 Å². The van der Waals surface area contributed by atoms with Crippen LogP contribution in [0.5, 0.6) is 11.5 Å². The molecule has 2 N–H and O–H groups in total. The highest BCUT2D eigenvalue weighted by Crippen LogP contribution is 2.32. The van der Waals surface area contributed by atoms with Crippen molar-refractivity contribution < 1.29 is 18.7 Å². The average molecular weight is 330 g/mol. The average Bonchev–Trinajstić information content (AvgIpc) is 2.61. The van der Waals surface area contributed by atoms with Gasteiger partial charge in [0.1, 0.15) is 25.1 Å². The Hall–Kier alpha value is -2.76. The third-order valence-electron chi connectivity index (χ3n) is 3.70. The number of fused-ring (bicyclic) bond motifs is 1. The lowest BCUT2D eigenvalue weighted by molar-refractivity contribution is -0.121. The van der Waals surface area contributed by atoms with E-state index in [9.17, 15) is 9.18 Å². The second-order valence-electron chi connectivity index (χ2n) is 5.57. The number of hydrogen-bond acceptors (Lipinski definition) is 4. The van der Waals surface area contributed by atoms with Gasteiger partial charge >= 0.3 is 0 Å². The highest BCUT2D eigenvalue weighted by Gasteiger charge is 2.15. The van der Waals surface area contributed by atoms with Crippen molar-refractivity contribution in [1.29, 1.82) is 0 Å². The number of amides is 1. The number of nitrogens with one attached hydrogen (secondary N) is 2. The van der Waals surface area contributed by atoms with Gasteiger partial charge < -0.3 is 20.1 Å². The van der Waals surface area contributed by atoms with E-state index in [0.717, 1.165) is 11.3 Å². The van der Waals surface area contributed by atoms with Crippen LogP contribution in [0.2, 0.25) is 0 Å². The second kappa shape index (κ2) is 7.21. The van der Waals surface area contributed by atoms with Crippen molar-refractivity contribution in [3.8, 4) is 11.5 Å². The lowest BCUT2D eigenvalue weighted by Crippen LogP contribution is -2.37. The molecule has 1 amide bonds. The summed E-state index contributed by atoms with van der Waals surface area (Å²) in [6.07, 6.45) is 0.